The Labute approximate surface area is 117 Å². The van der Waals surface area contributed by atoms with Crippen molar-refractivity contribution in [1.29, 1.82) is 0 Å². The van der Waals surface area contributed by atoms with Crippen LogP contribution in [0.3, 0.4) is 0 Å². The molecule has 5 nitrogen and oxygen atoms in total. The minimum absolute atomic E-state index is 0.318. The summed E-state index contributed by atoms with van der Waals surface area (Å²) in [5.74, 6) is 0. The van der Waals surface area contributed by atoms with Crippen LogP contribution in [0.4, 0.5) is 0 Å². The van der Waals surface area contributed by atoms with Gasteiger partial charge in [0.1, 0.15) is 5.60 Å². The van der Waals surface area contributed by atoms with Crippen LogP contribution < -0.4 is 5.32 Å². The van der Waals surface area contributed by atoms with Gasteiger partial charge >= 0.3 is 0 Å². The van der Waals surface area contributed by atoms with E-state index in [9.17, 15) is 4.79 Å². The summed E-state index contributed by atoms with van der Waals surface area (Å²) < 4.78 is 9.55. The van der Waals surface area contributed by atoms with E-state index >= 15 is 0 Å². The lowest BCUT2D eigenvalue weighted by molar-refractivity contribution is -0.138. The third kappa shape index (κ3) is 13.6. The lowest BCUT2D eigenvalue weighted by atomic mass is 10.2. The summed E-state index contributed by atoms with van der Waals surface area (Å²) >= 11 is 0. The van der Waals surface area contributed by atoms with E-state index in [1.807, 2.05) is 20.8 Å². The van der Waals surface area contributed by atoms with Crippen LogP contribution in [0, 0.1) is 0 Å². The van der Waals surface area contributed by atoms with Gasteiger partial charge in [-0.15, -0.1) is 0 Å². The molecule has 1 saturated heterocycles. The van der Waals surface area contributed by atoms with Crippen LogP contribution in [0.5, 0.6) is 0 Å². The van der Waals surface area contributed by atoms with Crippen molar-refractivity contribution < 1.29 is 14.3 Å². The molecule has 5 heteroatoms. The maximum absolute atomic E-state index is 9.60. The highest BCUT2D eigenvalue weighted by Gasteiger charge is 2.08. The molecule has 0 unspecified atom stereocenters. The van der Waals surface area contributed by atoms with Gasteiger partial charge in [0.05, 0.1) is 0 Å². The molecule has 0 saturated carbocycles. The Morgan fingerprint density at radius 3 is 2.26 bits per heavy atom. The van der Waals surface area contributed by atoms with E-state index in [2.05, 4.69) is 15.0 Å². The Bertz CT molecular complexity index is 211. The van der Waals surface area contributed by atoms with Gasteiger partial charge in [0.2, 0.25) is 0 Å². The summed E-state index contributed by atoms with van der Waals surface area (Å²) in [7, 11) is 1.77. The van der Waals surface area contributed by atoms with Crippen molar-refractivity contribution in [3.05, 3.63) is 0 Å². The first-order valence-corrected chi connectivity index (χ1v) is 7.03. The van der Waals surface area contributed by atoms with E-state index in [-0.39, 0.29) is 5.60 Å². The molecule has 1 fully saturated rings. The Kier molecular flexibility index (Phi) is 10.8. The summed E-state index contributed by atoms with van der Waals surface area (Å²) in [6, 6.07) is 0. The fourth-order valence-electron chi connectivity index (χ4n) is 1.66. The number of ether oxygens (including phenoxy) is 2. The molecule has 0 aliphatic carbocycles. The minimum Gasteiger partial charge on any atom is -0.462 e. The minimum atomic E-state index is -0.318. The number of piperazine rings is 1. The second kappa shape index (κ2) is 11.2. The molecule has 0 radical (unpaired) electrons. The average Bonchev–Trinajstić information content (AvgIpc) is 2.35. The first-order valence-electron chi connectivity index (χ1n) is 7.03. The molecule has 1 N–H and O–H groups in total. The van der Waals surface area contributed by atoms with Crippen molar-refractivity contribution in [2.24, 2.45) is 0 Å². The van der Waals surface area contributed by atoms with Crippen LogP contribution in [-0.2, 0) is 14.3 Å². The molecule has 0 spiro atoms. The summed E-state index contributed by atoms with van der Waals surface area (Å²) in [6.45, 7) is 12.8. The van der Waals surface area contributed by atoms with Gasteiger partial charge in [-0.3, -0.25) is 4.79 Å². The number of unbranched alkanes of at least 4 members (excludes halogenated alkanes) is 1. The largest absolute Gasteiger partial charge is 0.462 e. The van der Waals surface area contributed by atoms with Gasteiger partial charge in [-0.1, -0.05) is 0 Å². The van der Waals surface area contributed by atoms with E-state index < -0.39 is 0 Å². The molecule has 1 rings (SSSR count). The fraction of sp³-hybridized carbons (Fsp3) is 0.929. The van der Waals surface area contributed by atoms with E-state index in [1.54, 1.807) is 7.11 Å². The lowest BCUT2D eigenvalue weighted by Gasteiger charge is -2.26. The van der Waals surface area contributed by atoms with Gasteiger partial charge in [0, 0.05) is 39.9 Å². The molecule has 0 aromatic rings. The van der Waals surface area contributed by atoms with Crippen LogP contribution in [0.1, 0.15) is 33.6 Å². The second-order valence-electron chi connectivity index (χ2n) is 5.62. The van der Waals surface area contributed by atoms with Crippen molar-refractivity contribution in [2.45, 2.75) is 39.2 Å². The van der Waals surface area contributed by atoms with Crippen molar-refractivity contribution in [2.75, 3.05) is 46.4 Å². The van der Waals surface area contributed by atoms with Crippen molar-refractivity contribution >= 4 is 6.47 Å². The zero-order valence-corrected chi connectivity index (χ0v) is 12.9. The van der Waals surface area contributed by atoms with Crippen LogP contribution in [-0.4, -0.2) is 63.4 Å². The van der Waals surface area contributed by atoms with Gasteiger partial charge in [-0.25, -0.2) is 0 Å². The number of nitrogens with one attached hydrogen (secondary N) is 1. The predicted octanol–water partition coefficient (Wildman–Crippen LogP) is 1.28. The van der Waals surface area contributed by atoms with E-state index in [4.69, 9.17) is 4.74 Å². The first kappa shape index (κ1) is 18.4. The van der Waals surface area contributed by atoms with Crippen LogP contribution in [0.25, 0.3) is 0 Å². The van der Waals surface area contributed by atoms with E-state index in [0.29, 0.717) is 6.47 Å². The second-order valence-corrected chi connectivity index (χ2v) is 5.62. The quantitative estimate of drug-likeness (QED) is 0.584. The molecule has 0 amide bonds. The molecule has 0 atom stereocenters. The Balaban J connectivity index is 0.000000399. The lowest BCUT2D eigenvalue weighted by Crippen LogP contribution is -2.43. The molecule has 0 aromatic carbocycles. The van der Waals surface area contributed by atoms with Gasteiger partial charge in [-0.2, -0.15) is 0 Å². The highest BCUT2D eigenvalue weighted by Crippen LogP contribution is 2.02. The third-order valence-electron chi connectivity index (χ3n) is 2.68. The van der Waals surface area contributed by atoms with Crippen LogP contribution in [0.15, 0.2) is 0 Å². The summed E-state index contributed by atoms with van der Waals surface area (Å²) in [6.07, 6.45) is 2.47. The molecular formula is C14H30N2O3. The maximum Gasteiger partial charge on any atom is 0.293 e. The standard InChI is InChI=1S/C9H20N2O.C5H10O2/c1-12-9-3-2-6-11-7-4-10-5-8-11;1-5(2,3)7-4-6/h10H,2-9H2,1H3;4H,1-3H3. The van der Waals surface area contributed by atoms with Crippen molar-refractivity contribution in [1.82, 2.24) is 10.2 Å². The highest BCUT2D eigenvalue weighted by molar-refractivity contribution is 5.37. The predicted molar refractivity (Wildman–Crippen MR) is 77.3 cm³/mol. The van der Waals surface area contributed by atoms with Gasteiger partial charge in [0.25, 0.3) is 6.47 Å². The van der Waals surface area contributed by atoms with Gasteiger partial charge in [-0.05, 0) is 40.2 Å². The molecule has 19 heavy (non-hydrogen) atoms. The normalized spacial score (nSPS) is 16.4. The molecular weight excluding hydrogens is 244 g/mol. The number of carbonyl (C=O) groups is 1. The fourth-order valence-corrected chi connectivity index (χ4v) is 1.66. The van der Waals surface area contributed by atoms with Gasteiger partial charge < -0.3 is 19.7 Å². The number of methoxy groups -OCH3 is 1. The smallest absolute Gasteiger partial charge is 0.293 e. The Hall–Kier alpha value is -0.650. The zero-order chi connectivity index (χ0) is 14.6. The molecule has 1 aliphatic heterocycles. The molecule has 0 bridgehead atoms. The molecule has 0 aromatic heterocycles. The van der Waals surface area contributed by atoms with Crippen molar-refractivity contribution in [3.8, 4) is 0 Å². The van der Waals surface area contributed by atoms with Crippen LogP contribution >= 0.6 is 0 Å². The van der Waals surface area contributed by atoms with E-state index in [1.165, 1.54) is 32.5 Å². The maximum atomic E-state index is 9.60. The van der Waals surface area contributed by atoms with Crippen LogP contribution in [0.2, 0.25) is 0 Å². The zero-order valence-electron chi connectivity index (χ0n) is 12.9. The SMILES string of the molecule is CC(C)(C)OC=O.COCCCCN1CCNCC1. The van der Waals surface area contributed by atoms with E-state index in [0.717, 1.165) is 19.7 Å². The van der Waals surface area contributed by atoms with Gasteiger partial charge in [0.15, 0.2) is 0 Å². The van der Waals surface area contributed by atoms with Crippen molar-refractivity contribution in [3.63, 3.8) is 0 Å². The summed E-state index contributed by atoms with van der Waals surface area (Å²) in [4.78, 5) is 12.1. The number of hydrogen-bond acceptors (Lipinski definition) is 5. The first-order chi connectivity index (χ1) is 8.99. The number of rotatable bonds is 6. The topological polar surface area (TPSA) is 50.8 Å². The number of nitrogens with zero attached hydrogens (tertiary/aromatic N) is 1. The molecule has 1 aliphatic rings. The number of hydrogen-bond donors (Lipinski definition) is 1. The monoisotopic (exact) mass is 274 g/mol. The molecule has 1 heterocycles. The Morgan fingerprint density at radius 1 is 1.21 bits per heavy atom. The highest BCUT2D eigenvalue weighted by atomic mass is 16.5. The third-order valence-corrected chi connectivity index (χ3v) is 2.68. The summed E-state index contributed by atoms with van der Waals surface area (Å²) in [5, 5.41) is 3.35. The Morgan fingerprint density at radius 2 is 1.84 bits per heavy atom. The number of carbonyl (C=O) groups excluding carboxylic acids is 1. The molecule has 114 valence electrons. The average molecular weight is 274 g/mol. The summed E-state index contributed by atoms with van der Waals surface area (Å²) in [5.41, 5.74) is -0.318.